The van der Waals surface area contributed by atoms with Crippen LogP contribution in [0, 0.1) is 13.8 Å². The third-order valence-electron chi connectivity index (χ3n) is 5.08. The minimum absolute atomic E-state index is 0.0343. The van der Waals surface area contributed by atoms with E-state index in [1.807, 2.05) is 35.1 Å². The number of carbonyl (C=O) groups is 2. The normalized spacial score (nSPS) is 11.0. The Morgan fingerprint density at radius 1 is 1.06 bits per heavy atom. The van der Waals surface area contributed by atoms with Crippen LogP contribution in [0.4, 0.5) is 0 Å². The van der Waals surface area contributed by atoms with Crippen molar-refractivity contribution in [3.05, 3.63) is 83.1 Å². The lowest BCUT2D eigenvalue weighted by Gasteiger charge is -2.09. The Labute approximate surface area is 183 Å². The molecule has 0 aliphatic carbocycles. The van der Waals surface area contributed by atoms with Crippen LogP contribution >= 0.6 is 0 Å². The molecular weight excluding hydrogens is 388 g/mol. The van der Waals surface area contributed by atoms with Gasteiger partial charge in [0.05, 0.1) is 18.8 Å². The second kappa shape index (κ2) is 9.89. The zero-order chi connectivity index (χ0) is 22.4. The second-order valence-electron chi connectivity index (χ2n) is 7.75. The maximum atomic E-state index is 12.2. The van der Waals surface area contributed by atoms with Crippen molar-refractivity contribution in [3.63, 3.8) is 0 Å². The highest BCUT2D eigenvalue weighted by Crippen LogP contribution is 2.26. The average molecular weight is 417 g/mol. The molecule has 0 aliphatic rings. The summed E-state index contributed by atoms with van der Waals surface area (Å²) in [6, 6.07) is 16.3. The Kier molecular flexibility index (Phi) is 7.03. The molecule has 1 N–H and O–H groups in total. The van der Waals surface area contributed by atoms with Crippen LogP contribution in [0.15, 0.2) is 60.8 Å². The van der Waals surface area contributed by atoms with Crippen LogP contribution in [-0.4, -0.2) is 47.1 Å². The molecule has 0 spiro atoms. The van der Waals surface area contributed by atoms with Gasteiger partial charge in [-0.25, -0.2) is 0 Å². The summed E-state index contributed by atoms with van der Waals surface area (Å²) in [5.74, 6) is -0.481. The fraction of sp³-hybridized carbons (Fsp3) is 0.240. The van der Waals surface area contributed by atoms with E-state index in [1.54, 1.807) is 20.2 Å². The lowest BCUT2D eigenvalue weighted by Crippen LogP contribution is -2.35. The molecule has 0 atom stereocenters. The molecule has 0 unspecified atom stereocenters. The fourth-order valence-corrected chi connectivity index (χ4v) is 3.07. The van der Waals surface area contributed by atoms with E-state index in [0.29, 0.717) is 6.54 Å². The highest BCUT2D eigenvalue weighted by molar-refractivity contribution is 5.95. The zero-order valence-electron chi connectivity index (χ0n) is 18.4. The molecule has 0 radical (unpaired) electrons. The third kappa shape index (κ3) is 5.92. The molecule has 2 aromatic carbocycles. The van der Waals surface area contributed by atoms with Crippen molar-refractivity contribution in [3.8, 4) is 11.3 Å². The molecule has 3 rings (SSSR count). The molecular formula is C25H28N4O2. The number of likely N-dealkylation sites (N-methyl/N-ethyl adjacent to an activating group) is 1. The molecule has 31 heavy (non-hydrogen) atoms. The summed E-state index contributed by atoms with van der Waals surface area (Å²) >= 11 is 0. The summed E-state index contributed by atoms with van der Waals surface area (Å²) in [6.07, 6.45) is 5.12. The second-order valence-corrected chi connectivity index (χ2v) is 7.75. The number of hydrogen-bond donors (Lipinski definition) is 1. The van der Waals surface area contributed by atoms with Crippen LogP contribution in [0.2, 0.25) is 0 Å². The molecule has 0 saturated carbocycles. The maximum absolute atomic E-state index is 12.2. The first-order chi connectivity index (χ1) is 14.8. The van der Waals surface area contributed by atoms with E-state index in [9.17, 15) is 9.59 Å². The summed E-state index contributed by atoms with van der Waals surface area (Å²) in [7, 11) is 3.31. The third-order valence-corrected chi connectivity index (χ3v) is 5.08. The molecule has 1 heterocycles. The lowest BCUT2D eigenvalue weighted by molar-refractivity contribution is -0.129. The van der Waals surface area contributed by atoms with E-state index in [4.69, 9.17) is 5.10 Å². The van der Waals surface area contributed by atoms with Crippen molar-refractivity contribution in [2.75, 3.05) is 20.6 Å². The average Bonchev–Trinajstić information content (AvgIpc) is 3.15. The lowest BCUT2D eigenvalue weighted by atomic mass is 10.0. The monoisotopic (exact) mass is 416 g/mol. The summed E-state index contributed by atoms with van der Waals surface area (Å²) in [5, 5.41) is 7.41. The van der Waals surface area contributed by atoms with Gasteiger partial charge < -0.3 is 10.2 Å². The SMILES string of the molecule is Cc1ccc(-c2nn(Cc3ccccc3)cc2/C=C/C(=O)NCC(=O)N(C)C)cc1C. The predicted octanol–water partition coefficient (Wildman–Crippen LogP) is 3.43. The molecule has 160 valence electrons. The van der Waals surface area contributed by atoms with E-state index in [2.05, 4.69) is 43.4 Å². The molecule has 6 heteroatoms. The first-order valence-electron chi connectivity index (χ1n) is 10.2. The van der Waals surface area contributed by atoms with Gasteiger partial charge in [-0.15, -0.1) is 0 Å². The molecule has 0 saturated heterocycles. The van der Waals surface area contributed by atoms with Gasteiger partial charge in [-0.1, -0.05) is 42.5 Å². The number of aryl methyl sites for hydroxylation is 2. The number of nitrogens with one attached hydrogen (secondary N) is 1. The largest absolute Gasteiger partial charge is 0.347 e. The van der Waals surface area contributed by atoms with Gasteiger partial charge in [0.1, 0.15) is 0 Å². The van der Waals surface area contributed by atoms with Crippen molar-refractivity contribution >= 4 is 17.9 Å². The van der Waals surface area contributed by atoms with Crippen LogP contribution in [0.3, 0.4) is 0 Å². The van der Waals surface area contributed by atoms with Crippen molar-refractivity contribution in [2.45, 2.75) is 20.4 Å². The van der Waals surface area contributed by atoms with Gasteiger partial charge in [0.25, 0.3) is 0 Å². The van der Waals surface area contributed by atoms with Crippen LogP contribution in [-0.2, 0) is 16.1 Å². The highest BCUT2D eigenvalue weighted by atomic mass is 16.2. The maximum Gasteiger partial charge on any atom is 0.244 e. The van der Waals surface area contributed by atoms with Gasteiger partial charge in [0, 0.05) is 37.5 Å². The van der Waals surface area contributed by atoms with Gasteiger partial charge in [-0.3, -0.25) is 14.3 Å². The van der Waals surface area contributed by atoms with Crippen molar-refractivity contribution < 1.29 is 9.59 Å². The van der Waals surface area contributed by atoms with Gasteiger partial charge in [0.15, 0.2) is 0 Å². The van der Waals surface area contributed by atoms with Gasteiger partial charge >= 0.3 is 0 Å². The summed E-state index contributed by atoms with van der Waals surface area (Å²) < 4.78 is 1.88. The fourth-order valence-electron chi connectivity index (χ4n) is 3.07. The standard InChI is InChI=1S/C25H28N4O2/c1-18-10-11-21(14-19(18)2)25-22(12-13-23(30)26-15-24(31)28(3)4)17-29(27-25)16-20-8-6-5-7-9-20/h5-14,17H,15-16H2,1-4H3,(H,26,30)/b13-12+. The Morgan fingerprint density at radius 3 is 2.48 bits per heavy atom. The topological polar surface area (TPSA) is 67.2 Å². The number of carbonyl (C=O) groups excluding carboxylic acids is 2. The molecule has 0 fully saturated rings. The Balaban J connectivity index is 1.86. The first-order valence-corrected chi connectivity index (χ1v) is 10.2. The number of aromatic nitrogens is 2. The zero-order valence-corrected chi connectivity index (χ0v) is 18.4. The van der Waals surface area contributed by atoms with E-state index in [1.165, 1.54) is 22.1 Å². The molecule has 0 aliphatic heterocycles. The van der Waals surface area contributed by atoms with Crippen LogP contribution < -0.4 is 5.32 Å². The van der Waals surface area contributed by atoms with Crippen LogP contribution in [0.25, 0.3) is 17.3 Å². The minimum atomic E-state index is -0.322. The Morgan fingerprint density at radius 2 is 1.81 bits per heavy atom. The van der Waals surface area contributed by atoms with E-state index < -0.39 is 0 Å². The molecule has 3 aromatic rings. The van der Waals surface area contributed by atoms with Gasteiger partial charge in [-0.05, 0) is 42.7 Å². The van der Waals surface area contributed by atoms with Gasteiger partial charge in [-0.2, -0.15) is 5.10 Å². The molecule has 1 aromatic heterocycles. The number of nitrogens with zero attached hydrogens (tertiary/aromatic N) is 3. The first kappa shape index (κ1) is 22.0. The van der Waals surface area contributed by atoms with E-state index in [0.717, 1.165) is 22.4 Å². The number of amides is 2. The Hall–Kier alpha value is -3.67. The molecule has 0 bridgehead atoms. The minimum Gasteiger partial charge on any atom is -0.347 e. The number of benzene rings is 2. The number of hydrogen-bond acceptors (Lipinski definition) is 3. The van der Waals surface area contributed by atoms with Crippen molar-refractivity contribution in [1.82, 2.24) is 20.0 Å². The highest BCUT2D eigenvalue weighted by Gasteiger charge is 2.12. The van der Waals surface area contributed by atoms with Gasteiger partial charge in [0.2, 0.25) is 11.8 Å². The summed E-state index contributed by atoms with van der Waals surface area (Å²) in [5.41, 5.74) is 6.20. The molecule has 2 amide bonds. The van der Waals surface area contributed by atoms with Crippen molar-refractivity contribution in [1.29, 1.82) is 0 Å². The van der Waals surface area contributed by atoms with Crippen LogP contribution in [0.1, 0.15) is 22.3 Å². The molecule has 6 nitrogen and oxygen atoms in total. The van der Waals surface area contributed by atoms with Crippen LogP contribution in [0.5, 0.6) is 0 Å². The summed E-state index contributed by atoms with van der Waals surface area (Å²) in [6.45, 7) is 4.75. The smallest absolute Gasteiger partial charge is 0.244 e. The quantitative estimate of drug-likeness (QED) is 0.600. The number of rotatable bonds is 7. The predicted molar refractivity (Wildman–Crippen MR) is 123 cm³/mol. The van der Waals surface area contributed by atoms with E-state index >= 15 is 0 Å². The van der Waals surface area contributed by atoms with Crippen molar-refractivity contribution in [2.24, 2.45) is 0 Å². The Bertz CT molecular complexity index is 1100. The summed E-state index contributed by atoms with van der Waals surface area (Å²) in [4.78, 5) is 25.3. The van der Waals surface area contributed by atoms with E-state index in [-0.39, 0.29) is 18.4 Å².